The maximum atomic E-state index is 10.3. The highest BCUT2D eigenvalue weighted by atomic mass is 16.6. The second-order valence-corrected chi connectivity index (χ2v) is 1.87. The first-order valence-corrected chi connectivity index (χ1v) is 2.94. The third-order valence-electron chi connectivity index (χ3n) is 1.19. The van der Waals surface area contributed by atoms with Crippen LogP contribution in [0.4, 0.5) is 5.69 Å². The zero-order valence-electron chi connectivity index (χ0n) is 6.90. The van der Waals surface area contributed by atoms with Gasteiger partial charge in [-0.1, -0.05) is 6.07 Å². The summed E-state index contributed by atoms with van der Waals surface area (Å²) >= 11 is 0. The molecule has 0 N–H and O–H groups in total. The Morgan fingerprint density at radius 1 is 1.82 bits per heavy atom. The minimum absolute atomic E-state index is 0.0668. The minimum atomic E-state index is -0.526. The van der Waals surface area contributed by atoms with Gasteiger partial charge in [-0.3, -0.25) is 10.1 Å². The molecule has 11 heavy (non-hydrogen) atoms. The number of benzene rings is 1. The van der Waals surface area contributed by atoms with Gasteiger partial charge in [-0.2, -0.15) is 0 Å². The number of non-ortho nitro benzene ring substituents is 1. The molecule has 4 heteroatoms. The van der Waals surface area contributed by atoms with E-state index < -0.39 is 4.92 Å². The van der Waals surface area contributed by atoms with Crippen LogP contribution in [-0.2, 0) is 0 Å². The van der Waals surface area contributed by atoms with E-state index in [2.05, 4.69) is 0 Å². The Balaban J connectivity index is 3.13. The number of nitro benzene ring substituents is 1. The van der Waals surface area contributed by atoms with Crippen LogP contribution in [0.2, 0.25) is 0 Å². The van der Waals surface area contributed by atoms with E-state index in [-0.39, 0.29) is 17.5 Å². The number of hydrogen-bond acceptors (Lipinski definition) is 3. The van der Waals surface area contributed by atoms with E-state index >= 15 is 0 Å². The number of ether oxygens (including phenoxy) is 1. The Bertz CT molecular complexity index is 314. The molecule has 1 aromatic rings. The fraction of sp³-hybridized carbons (Fsp3) is 0.143. The molecule has 0 aliphatic carbocycles. The van der Waals surface area contributed by atoms with Crippen LogP contribution in [0.1, 0.15) is 1.37 Å². The minimum Gasteiger partial charge on any atom is -0.497 e. The van der Waals surface area contributed by atoms with Crippen molar-refractivity contribution in [3.05, 3.63) is 34.4 Å². The van der Waals surface area contributed by atoms with Crippen LogP contribution in [0, 0.1) is 10.1 Å². The molecule has 4 nitrogen and oxygen atoms in total. The molecular weight excluding hydrogens is 146 g/mol. The van der Waals surface area contributed by atoms with Crippen LogP contribution >= 0.6 is 0 Å². The number of methoxy groups -OCH3 is 1. The largest absolute Gasteiger partial charge is 0.497 e. The summed E-state index contributed by atoms with van der Waals surface area (Å²) in [6.07, 6.45) is 0. The van der Waals surface area contributed by atoms with E-state index in [0.717, 1.165) is 0 Å². The maximum absolute atomic E-state index is 10.3. The Morgan fingerprint density at radius 2 is 2.55 bits per heavy atom. The fourth-order valence-corrected chi connectivity index (χ4v) is 0.665. The molecule has 0 atom stereocenters. The topological polar surface area (TPSA) is 52.4 Å². The van der Waals surface area contributed by atoms with Crippen molar-refractivity contribution in [2.24, 2.45) is 0 Å². The van der Waals surface area contributed by atoms with Gasteiger partial charge in [0.2, 0.25) is 0 Å². The second-order valence-electron chi connectivity index (χ2n) is 1.87. The van der Waals surface area contributed by atoms with Crippen molar-refractivity contribution >= 4 is 5.69 Å². The van der Waals surface area contributed by atoms with Gasteiger partial charge in [0.1, 0.15) is 5.75 Å². The molecule has 0 heterocycles. The number of rotatable bonds is 2. The summed E-state index contributed by atoms with van der Waals surface area (Å²) in [5, 5.41) is 10.3. The third-order valence-corrected chi connectivity index (χ3v) is 1.19. The molecule has 0 amide bonds. The van der Waals surface area contributed by atoms with Gasteiger partial charge >= 0.3 is 0 Å². The molecule has 0 saturated carbocycles. The smallest absolute Gasteiger partial charge is 0.273 e. The lowest BCUT2D eigenvalue weighted by molar-refractivity contribution is -0.384. The summed E-state index contributed by atoms with van der Waals surface area (Å²) in [4.78, 5) is 9.74. The zero-order valence-corrected chi connectivity index (χ0v) is 5.90. The van der Waals surface area contributed by atoms with Crippen molar-refractivity contribution in [3.8, 4) is 5.75 Å². The molecule has 58 valence electrons. The van der Waals surface area contributed by atoms with Crippen LogP contribution in [0.25, 0.3) is 0 Å². The SMILES string of the molecule is [2H]c1ccc([N+](=O)[O-])cc1OC. The van der Waals surface area contributed by atoms with Gasteiger partial charge in [0.15, 0.2) is 0 Å². The number of hydrogen-bond donors (Lipinski definition) is 0. The van der Waals surface area contributed by atoms with Crippen LogP contribution in [0.5, 0.6) is 5.75 Å². The lowest BCUT2D eigenvalue weighted by Crippen LogP contribution is -1.88. The van der Waals surface area contributed by atoms with Crippen molar-refractivity contribution < 1.29 is 11.0 Å². The first-order chi connectivity index (χ1) is 5.65. The van der Waals surface area contributed by atoms with Gasteiger partial charge in [0.05, 0.1) is 19.5 Å². The highest BCUT2D eigenvalue weighted by Crippen LogP contribution is 2.17. The van der Waals surface area contributed by atoms with Gasteiger partial charge in [0.25, 0.3) is 5.69 Å². The maximum Gasteiger partial charge on any atom is 0.273 e. The highest BCUT2D eigenvalue weighted by Gasteiger charge is 2.04. The average molecular weight is 154 g/mol. The van der Waals surface area contributed by atoms with E-state index in [1.165, 1.54) is 25.3 Å². The van der Waals surface area contributed by atoms with Gasteiger partial charge in [-0.15, -0.1) is 0 Å². The molecular formula is C7H7NO3. The second kappa shape index (κ2) is 3.01. The van der Waals surface area contributed by atoms with E-state index in [1.54, 1.807) is 0 Å². The zero-order chi connectivity index (χ0) is 9.14. The predicted molar refractivity (Wildman–Crippen MR) is 39.6 cm³/mol. The Labute approximate surface area is 65.0 Å². The molecule has 0 unspecified atom stereocenters. The van der Waals surface area contributed by atoms with Crippen molar-refractivity contribution in [2.45, 2.75) is 0 Å². The lowest BCUT2D eigenvalue weighted by Gasteiger charge is -1.96. The molecule has 1 rings (SSSR count). The Morgan fingerprint density at radius 3 is 3.09 bits per heavy atom. The van der Waals surface area contributed by atoms with Crippen LogP contribution < -0.4 is 4.74 Å². The van der Waals surface area contributed by atoms with E-state index in [9.17, 15) is 10.1 Å². The summed E-state index contributed by atoms with van der Waals surface area (Å²) < 4.78 is 12.0. The normalized spacial score (nSPS) is 10.5. The van der Waals surface area contributed by atoms with Gasteiger partial charge in [0, 0.05) is 6.07 Å². The monoisotopic (exact) mass is 154 g/mol. The van der Waals surface area contributed by atoms with Crippen LogP contribution in [0.15, 0.2) is 24.2 Å². The van der Waals surface area contributed by atoms with Crippen LogP contribution in [0.3, 0.4) is 0 Å². The highest BCUT2D eigenvalue weighted by molar-refractivity contribution is 5.37. The molecule has 0 saturated heterocycles. The number of nitro groups is 1. The van der Waals surface area contributed by atoms with Crippen molar-refractivity contribution in [1.29, 1.82) is 0 Å². The van der Waals surface area contributed by atoms with Crippen molar-refractivity contribution in [2.75, 3.05) is 7.11 Å². The Hall–Kier alpha value is -1.58. The van der Waals surface area contributed by atoms with Crippen LogP contribution in [-0.4, -0.2) is 12.0 Å². The van der Waals surface area contributed by atoms with Crippen molar-refractivity contribution in [3.63, 3.8) is 0 Å². The predicted octanol–water partition coefficient (Wildman–Crippen LogP) is 1.60. The average Bonchev–Trinajstić information content (AvgIpc) is 2.05. The quantitative estimate of drug-likeness (QED) is 0.480. The summed E-state index contributed by atoms with van der Waals surface area (Å²) in [5.41, 5.74) is -0.0668. The van der Waals surface area contributed by atoms with Gasteiger partial charge in [-0.25, -0.2) is 0 Å². The molecule has 1 aromatic carbocycles. The summed E-state index contributed by atoms with van der Waals surface area (Å²) in [6, 6.07) is 3.97. The van der Waals surface area contributed by atoms with Gasteiger partial charge < -0.3 is 4.74 Å². The number of nitrogens with zero attached hydrogens (tertiary/aromatic N) is 1. The summed E-state index contributed by atoms with van der Waals surface area (Å²) in [6.45, 7) is 0. The first kappa shape index (κ1) is 6.15. The lowest BCUT2D eigenvalue weighted by atomic mass is 10.3. The molecule has 0 spiro atoms. The van der Waals surface area contributed by atoms with Crippen molar-refractivity contribution in [1.82, 2.24) is 0 Å². The molecule has 0 aromatic heterocycles. The first-order valence-electron chi connectivity index (χ1n) is 3.44. The van der Waals surface area contributed by atoms with E-state index in [0.29, 0.717) is 0 Å². The summed E-state index contributed by atoms with van der Waals surface area (Å²) in [7, 11) is 1.37. The Kier molecular flexibility index (Phi) is 1.68. The molecule has 0 radical (unpaired) electrons. The fourth-order valence-electron chi connectivity index (χ4n) is 0.665. The third kappa shape index (κ3) is 1.67. The standard InChI is InChI=1S/C7H7NO3/c1-11-7-4-2-3-6(5-7)8(9)10/h2-5H,1H3/i4D. The van der Waals surface area contributed by atoms with E-state index in [1.807, 2.05) is 0 Å². The molecule has 0 bridgehead atoms. The molecule has 0 aliphatic rings. The molecule has 0 aliphatic heterocycles. The summed E-state index contributed by atoms with van der Waals surface area (Å²) in [5.74, 6) is 0.212. The molecule has 0 fully saturated rings. The van der Waals surface area contributed by atoms with Gasteiger partial charge in [-0.05, 0) is 6.04 Å². The van der Waals surface area contributed by atoms with E-state index in [4.69, 9.17) is 6.11 Å².